The van der Waals surface area contributed by atoms with Gasteiger partial charge in [0.1, 0.15) is 5.82 Å². The summed E-state index contributed by atoms with van der Waals surface area (Å²) in [6.45, 7) is 3.80. The maximum absolute atomic E-state index is 13.8. The van der Waals surface area contributed by atoms with E-state index in [-0.39, 0.29) is 17.8 Å². The number of fused-ring (bicyclic) bond motifs is 1. The molecule has 1 amide bonds. The Morgan fingerprint density at radius 1 is 1.20 bits per heavy atom. The molecule has 1 fully saturated rings. The molecule has 2 N–H and O–H groups in total. The van der Waals surface area contributed by atoms with Crippen LogP contribution in [0.25, 0.3) is 10.8 Å². The molecule has 0 aromatic heterocycles. The third-order valence-corrected chi connectivity index (χ3v) is 3.95. The van der Waals surface area contributed by atoms with E-state index in [9.17, 15) is 9.18 Å². The van der Waals surface area contributed by atoms with Crippen molar-refractivity contribution in [2.24, 2.45) is 5.92 Å². The molecule has 3 rings (SSSR count). The Balaban J connectivity index is 1.94. The van der Waals surface area contributed by atoms with Crippen molar-refractivity contribution in [1.29, 1.82) is 0 Å². The molecule has 2 aromatic rings. The number of carbonyl (C=O) groups is 1. The van der Waals surface area contributed by atoms with Gasteiger partial charge < -0.3 is 10.6 Å². The van der Waals surface area contributed by atoms with Crippen LogP contribution in [0.1, 0.15) is 17.3 Å². The Hall–Kier alpha value is -1.94. The Kier molecular flexibility index (Phi) is 3.40. The summed E-state index contributed by atoms with van der Waals surface area (Å²) in [5.74, 6) is -0.0273. The van der Waals surface area contributed by atoms with E-state index < -0.39 is 0 Å². The maximum Gasteiger partial charge on any atom is 0.252 e. The van der Waals surface area contributed by atoms with Crippen LogP contribution in [0, 0.1) is 11.7 Å². The van der Waals surface area contributed by atoms with Crippen molar-refractivity contribution in [3.05, 3.63) is 47.8 Å². The lowest BCUT2D eigenvalue weighted by Crippen LogP contribution is -2.39. The lowest BCUT2D eigenvalue weighted by atomic mass is 10.0. The van der Waals surface area contributed by atoms with Gasteiger partial charge in [-0.25, -0.2) is 4.39 Å². The van der Waals surface area contributed by atoms with E-state index in [4.69, 9.17) is 0 Å². The zero-order chi connectivity index (χ0) is 14.1. The molecule has 3 nitrogen and oxygen atoms in total. The van der Waals surface area contributed by atoms with Crippen LogP contribution in [0.3, 0.4) is 0 Å². The summed E-state index contributed by atoms with van der Waals surface area (Å²) in [5, 5.41) is 7.42. The SMILES string of the molecule is CC1CNCC1NC(=O)c1ccc(F)c2ccccc12. The van der Waals surface area contributed by atoms with Crippen molar-refractivity contribution >= 4 is 16.7 Å². The van der Waals surface area contributed by atoms with E-state index in [1.54, 1.807) is 24.3 Å². The third-order valence-electron chi connectivity index (χ3n) is 3.95. The van der Waals surface area contributed by atoms with Gasteiger partial charge in [-0.3, -0.25) is 4.79 Å². The van der Waals surface area contributed by atoms with Gasteiger partial charge in [0.05, 0.1) is 0 Å². The fourth-order valence-electron chi connectivity index (χ4n) is 2.71. The molecule has 0 radical (unpaired) electrons. The summed E-state index contributed by atoms with van der Waals surface area (Å²) in [6, 6.07) is 10.1. The van der Waals surface area contributed by atoms with Gasteiger partial charge in [0.25, 0.3) is 5.91 Å². The highest BCUT2D eigenvalue weighted by atomic mass is 19.1. The van der Waals surface area contributed by atoms with E-state index in [1.165, 1.54) is 6.07 Å². The topological polar surface area (TPSA) is 41.1 Å². The van der Waals surface area contributed by atoms with Gasteiger partial charge in [-0.2, -0.15) is 0 Å². The van der Waals surface area contributed by atoms with Gasteiger partial charge in [-0.1, -0.05) is 31.2 Å². The number of amides is 1. The molecule has 0 aliphatic carbocycles. The van der Waals surface area contributed by atoms with Crippen molar-refractivity contribution in [1.82, 2.24) is 10.6 Å². The fourth-order valence-corrected chi connectivity index (χ4v) is 2.71. The van der Waals surface area contributed by atoms with Crippen LogP contribution in [-0.2, 0) is 0 Å². The number of benzene rings is 2. The molecule has 104 valence electrons. The van der Waals surface area contributed by atoms with Crippen molar-refractivity contribution < 1.29 is 9.18 Å². The predicted octanol–water partition coefficient (Wildman–Crippen LogP) is 2.32. The molecule has 20 heavy (non-hydrogen) atoms. The second-order valence-electron chi connectivity index (χ2n) is 5.36. The molecular formula is C16H17FN2O. The van der Waals surface area contributed by atoms with Crippen molar-refractivity contribution in [2.45, 2.75) is 13.0 Å². The molecule has 2 unspecified atom stereocenters. The van der Waals surface area contributed by atoms with Gasteiger partial charge in [0.2, 0.25) is 0 Å². The van der Waals surface area contributed by atoms with Crippen LogP contribution in [-0.4, -0.2) is 25.0 Å². The summed E-state index contributed by atoms with van der Waals surface area (Å²) in [7, 11) is 0. The first-order valence-corrected chi connectivity index (χ1v) is 6.85. The average molecular weight is 272 g/mol. The highest BCUT2D eigenvalue weighted by Gasteiger charge is 2.25. The van der Waals surface area contributed by atoms with Crippen molar-refractivity contribution in [2.75, 3.05) is 13.1 Å². The molecule has 0 saturated carbocycles. The van der Waals surface area contributed by atoms with E-state index in [1.807, 2.05) is 6.07 Å². The second-order valence-corrected chi connectivity index (χ2v) is 5.36. The molecule has 1 aliphatic heterocycles. The lowest BCUT2D eigenvalue weighted by molar-refractivity contribution is 0.0934. The first-order chi connectivity index (χ1) is 9.66. The highest BCUT2D eigenvalue weighted by Crippen LogP contribution is 2.22. The Morgan fingerprint density at radius 2 is 1.95 bits per heavy atom. The van der Waals surface area contributed by atoms with Gasteiger partial charge in [-0.15, -0.1) is 0 Å². The highest BCUT2D eigenvalue weighted by molar-refractivity contribution is 6.07. The third kappa shape index (κ3) is 2.27. The summed E-state index contributed by atoms with van der Waals surface area (Å²) in [5.41, 5.74) is 0.529. The predicted molar refractivity (Wildman–Crippen MR) is 77.2 cm³/mol. The number of carbonyl (C=O) groups excluding carboxylic acids is 1. The van der Waals surface area contributed by atoms with Crippen LogP contribution in [0.15, 0.2) is 36.4 Å². The summed E-state index contributed by atoms with van der Waals surface area (Å²) < 4.78 is 13.8. The number of nitrogens with one attached hydrogen (secondary N) is 2. The minimum Gasteiger partial charge on any atom is -0.348 e. The van der Waals surface area contributed by atoms with Crippen LogP contribution >= 0.6 is 0 Å². The van der Waals surface area contributed by atoms with Crippen LogP contribution in [0.2, 0.25) is 0 Å². The van der Waals surface area contributed by atoms with Gasteiger partial charge in [-0.05, 0) is 30.0 Å². The number of halogens is 1. The van der Waals surface area contributed by atoms with Gasteiger partial charge in [0.15, 0.2) is 0 Å². The van der Waals surface area contributed by atoms with E-state index in [0.29, 0.717) is 22.3 Å². The van der Waals surface area contributed by atoms with Crippen LogP contribution in [0.5, 0.6) is 0 Å². The molecule has 4 heteroatoms. The van der Waals surface area contributed by atoms with Gasteiger partial charge in [0, 0.05) is 23.5 Å². The van der Waals surface area contributed by atoms with Gasteiger partial charge >= 0.3 is 0 Å². The molecule has 1 saturated heterocycles. The molecule has 2 atom stereocenters. The molecule has 0 bridgehead atoms. The molecule has 0 spiro atoms. The lowest BCUT2D eigenvalue weighted by Gasteiger charge is -2.17. The van der Waals surface area contributed by atoms with Crippen molar-refractivity contribution in [3.63, 3.8) is 0 Å². The minimum absolute atomic E-state index is 0.131. The first kappa shape index (κ1) is 13.1. The smallest absolute Gasteiger partial charge is 0.252 e. The number of hydrogen-bond donors (Lipinski definition) is 2. The second kappa shape index (κ2) is 5.21. The quantitative estimate of drug-likeness (QED) is 0.881. The Labute approximate surface area is 117 Å². The summed E-state index contributed by atoms with van der Waals surface area (Å²) in [4.78, 5) is 12.4. The van der Waals surface area contributed by atoms with Crippen LogP contribution < -0.4 is 10.6 Å². The number of hydrogen-bond acceptors (Lipinski definition) is 2. The van der Waals surface area contributed by atoms with Crippen LogP contribution in [0.4, 0.5) is 4.39 Å². The Bertz CT molecular complexity index is 656. The van der Waals surface area contributed by atoms with E-state index >= 15 is 0 Å². The molecule has 1 aliphatic rings. The van der Waals surface area contributed by atoms with Crippen molar-refractivity contribution in [3.8, 4) is 0 Å². The summed E-state index contributed by atoms with van der Waals surface area (Å²) >= 11 is 0. The zero-order valence-electron chi connectivity index (χ0n) is 11.3. The molecule has 1 heterocycles. The minimum atomic E-state index is -0.298. The first-order valence-electron chi connectivity index (χ1n) is 6.85. The monoisotopic (exact) mass is 272 g/mol. The fraction of sp³-hybridized carbons (Fsp3) is 0.312. The normalized spacial score (nSPS) is 22.1. The van der Waals surface area contributed by atoms with E-state index in [2.05, 4.69) is 17.6 Å². The zero-order valence-corrected chi connectivity index (χ0v) is 11.3. The Morgan fingerprint density at radius 3 is 2.65 bits per heavy atom. The molecule has 2 aromatic carbocycles. The summed E-state index contributed by atoms with van der Waals surface area (Å²) in [6.07, 6.45) is 0. The van der Waals surface area contributed by atoms with E-state index in [0.717, 1.165) is 13.1 Å². The average Bonchev–Trinajstić information content (AvgIpc) is 2.85. The number of rotatable bonds is 2. The maximum atomic E-state index is 13.8. The largest absolute Gasteiger partial charge is 0.348 e. The molecular weight excluding hydrogens is 255 g/mol. The standard InChI is InChI=1S/C16H17FN2O/c1-10-8-18-9-15(10)19-16(20)13-6-7-14(17)12-5-3-2-4-11(12)13/h2-7,10,15,18H,8-9H2,1H3,(H,19,20).